The quantitative estimate of drug-likeness (QED) is 0.682. The number of rotatable bonds is 2. The van der Waals surface area contributed by atoms with E-state index in [1.807, 2.05) is 0 Å². The van der Waals surface area contributed by atoms with Gasteiger partial charge in [0, 0.05) is 0 Å². The summed E-state index contributed by atoms with van der Waals surface area (Å²) in [6, 6.07) is 0. The molecule has 2 heteroatoms. The fourth-order valence-corrected chi connectivity index (χ4v) is 3.01. The Bertz CT molecular complexity index is 257. The van der Waals surface area contributed by atoms with Crippen molar-refractivity contribution in [3.63, 3.8) is 0 Å². The molecule has 4 atom stereocenters. The highest BCUT2D eigenvalue weighted by Gasteiger charge is 2.40. The summed E-state index contributed by atoms with van der Waals surface area (Å²) in [4.78, 5) is 10.9. The highest BCUT2D eigenvalue weighted by atomic mass is 16.3. The van der Waals surface area contributed by atoms with Crippen molar-refractivity contribution in [2.75, 3.05) is 0 Å². The van der Waals surface area contributed by atoms with Gasteiger partial charge in [0.25, 0.3) is 0 Å². The number of hydrogen-bond acceptors (Lipinski definition) is 2. The second kappa shape index (κ2) is 3.85. The lowest BCUT2D eigenvalue weighted by Gasteiger charge is -2.30. The summed E-state index contributed by atoms with van der Waals surface area (Å²) in [6.45, 7) is 2.14. The van der Waals surface area contributed by atoms with Gasteiger partial charge >= 0.3 is 0 Å². The molecule has 1 saturated carbocycles. The average Bonchev–Trinajstić information content (AvgIpc) is 2.59. The molecule has 0 aromatic rings. The van der Waals surface area contributed by atoms with E-state index < -0.39 is 0 Å². The first-order valence-corrected chi connectivity index (χ1v) is 5.61. The van der Waals surface area contributed by atoms with Crippen LogP contribution in [0.2, 0.25) is 0 Å². The fraction of sp³-hybridized carbons (Fsp3) is 0.750. The first-order valence-electron chi connectivity index (χ1n) is 5.61. The Kier molecular flexibility index (Phi) is 2.73. The molecule has 0 amide bonds. The molecular formula is C12H18O2. The van der Waals surface area contributed by atoms with Gasteiger partial charge in [0.1, 0.15) is 6.29 Å². The molecule has 78 valence electrons. The summed E-state index contributed by atoms with van der Waals surface area (Å²) in [5, 5.41) is 9.81. The zero-order chi connectivity index (χ0) is 10.1. The van der Waals surface area contributed by atoms with Gasteiger partial charge in [-0.15, -0.1) is 0 Å². The van der Waals surface area contributed by atoms with Crippen molar-refractivity contribution in [1.29, 1.82) is 0 Å². The molecule has 0 radical (unpaired) electrons. The van der Waals surface area contributed by atoms with Gasteiger partial charge in [0.2, 0.25) is 0 Å². The Balaban J connectivity index is 2.22. The van der Waals surface area contributed by atoms with E-state index in [0.717, 1.165) is 37.5 Å². The monoisotopic (exact) mass is 194 g/mol. The molecule has 1 fully saturated rings. The molecule has 2 aliphatic carbocycles. The van der Waals surface area contributed by atoms with Crippen LogP contribution in [0.5, 0.6) is 0 Å². The summed E-state index contributed by atoms with van der Waals surface area (Å²) in [5.74, 6) is 1.21. The van der Waals surface area contributed by atoms with E-state index >= 15 is 0 Å². The summed E-state index contributed by atoms with van der Waals surface area (Å²) in [5.41, 5.74) is 0.949. The second-order valence-electron chi connectivity index (χ2n) is 4.60. The highest BCUT2D eigenvalue weighted by molar-refractivity contribution is 5.74. The van der Waals surface area contributed by atoms with Crippen LogP contribution in [-0.2, 0) is 4.79 Å². The lowest BCUT2D eigenvalue weighted by Crippen LogP contribution is -2.27. The SMILES string of the molecule is CCC1C=C(C=O)C2CCC(O)C2C1. The molecule has 2 aliphatic rings. The Hall–Kier alpha value is -0.630. The van der Waals surface area contributed by atoms with Crippen LogP contribution in [0.4, 0.5) is 0 Å². The van der Waals surface area contributed by atoms with E-state index in [4.69, 9.17) is 0 Å². The minimum absolute atomic E-state index is 0.169. The Morgan fingerprint density at radius 1 is 1.57 bits per heavy atom. The largest absolute Gasteiger partial charge is 0.393 e. The lowest BCUT2D eigenvalue weighted by atomic mass is 9.75. The first-order chi connectivity index (χ1) is 6.76. The number of aldehydes is 1. The van der Waals surface area contributed by atoms with E-state index in [2.05, 4.69) is 13.0 Å². The van der Waals surface area contributed by atoms with Crippen LogP contribution in [0.15, 0.2) is 11.6 Å². The van der Waals surface area contributed by atoms with Crippen LogP contribution < -0.4 is 0 Å². The highest BCUT2D eigenvalue weighted by Crippen LogP contribution is 2.44. The summed E-state index contributed by atoms with van der Waals surface area (Å²) >= 11 is 0. The van der Waals surface area contributed by atoms with Gasteiger partial charge in [0.15, 0.2) is 0 Å². The van der Waals surface area contributed by atoms with E-state index in [1.165, 1.54) is 0 Å². The van der Waals surface area contributed by atoms with Crippen LogP contribution >= 0.6 is 0 Å². The smallest absolute Gasteiger partial charge is 0.146 e. The molecule has 0 bridgehead atoms. The van der Waals surface area contributed by atoms with Crippen molar-refractivity contribution < 1.29 is 9.90 Å². The standard InChI is InChI=1S/C12H18O2/c1-2-8-5-9(7-13)10-3-4-12(14)11(10)6-8/h5,7-8,10-12,14H,2-4,6H2,1H3. The zero-order valence-electron chi connectivity index (χ0n) is 8.65. The van der Waals surface area contributed by atoms with E-state index in [0.29, 0.717) is 17.8 Å². The van der Waals surface area contributed by atoms with Gasteiger partial charge in [-0.1, -0.05) is 13.0 Å². The van der Waals surface area contributed by atoms with Crippen molar-refractivity contribution in [2.45, 2.75) is 38.7 Å². The average molecular weight is 194 g/mol. The minimum atomic E-state index is -0.169. The number of carbonyl (C=O) groups excluding carboxylic acids is 1. The maximum Gasteiger partial charge on any atom is 0.146 e. The van der Waals surface area contributed by atoms with Crippen molar-refractivity contribution in [1.82, 2.24) is 0 Å². The van der Waals surface area contributed by atoms with Crippen LogP contribution in [0.1, 0.15) is 32.6 Å². The van der Waals surface area contributed by atoms with Crippen LogP contribution in [0, 0.1) is 17.8 Å². The normalized spacial score (nSPS) is 41.7. The van der Waals surface area contributed by atoms with Gasteiger partial charge in [-0.05, 0) is 49.0 Å². The predicted molar refractivity (Wildman–Crippen MR) is 54.8 cm³/mol. The number of aliphatic hydroxyl groups is 1. The van der Waals surface area contributed by atoms with Gasteiger partial charge < -0.3 is 5.11 Å². The third-order valence-corrected chi connectivity index (χ3v) is 3.88. The molecule has 0 aromatic heterocycles. The van der Waals surface area contributed by atoms with E-state index in [1.54, 1.807) is 0 Å². The van der Waals surface area contributed by atoms with Crippen molar-refractivity contribution in [3.05, 3.63) is 11.6 Å². The molecule has 2 nitrogen and oxygen atoms in total. The van der Waals surface area contributed by atoms with Crippen LogP contribution in [0.25, 0.3) is 0 Å². The van der Waals surface area contributed by atoms with Crippen molar-refractivity contribution in [3.8, 4) is 0 Å². The van der Waals surface area contributed by atoms with Crippen molar-refractivity contribution >= 4 is 6.29 Å². The molecular weight excluding hydrogens is 176 g/mol. The Labute approximate surface area is 85.0 Å². The lowest BCUT2D eigenvalue weighted by molar-refractivity contribution is -0.105. The van der Waals surface area contributed by atoms with Crippen LogP contribution in [-0.4, -0.2) is 17.5 Å². The minimum Gasteiger partial charge on any atom is -0.393 e. The van der Waals surface area contributed by atoms with Crippen LogP contribution in [0.3, 0.4) is 0 Å². The van der Waals surface area contributed by atoms with Gasteiger partial charge in [-0.25, -0.2) is 0 Å². The molecule has 0 spiro atoms. The third kappa shape index (κ3) is 1.52. The van der Waals surface area contributed by atoms with E-state index in [-0.39, 0.29) is 6.10 Å². The number of aliphatic hydroxyl groups excluding tert-OH is 1. The third-order valence-electron chi connectivity index (χ3n) is 3.88. The fourth-order valence-electron chi connectivity index (χ4n) is 3.01. The number of fused-ring (bicyclic) bond motifs is 1. The Morgan fingerprint density at radius 3 is 3.00 bits per heavy atom. The predicted octanol–water partition coefficient (Wildman–Crippen LogP) is 1.93. The molecule has 4 unspecified atom stereocenters. The summed E-state index contributed by atoms with van der Waals surface area (Å²) in [7, 11) is 0. The number of carbonyl (C=O) groups is 1. The maximum atomic E-state index is 10.9. The number of allylic oxidation sites excluding steroid dienone is 2. The summed E-state index contributed by atoms with van der Waals surface area (Å²) in [6.07, 6.45) is 6.97. The second-order valence-corrected chi connectivity index (χ2v) is 4.60. The van der Waals surface area contributed by atoms with E-state index in [9.17, 15) is 9.90 Å². The zero-order valence-corrected chi connectivity index (χ0v) is 8.65. The topological polar surface area (TPSA) is 37.3 Å². The summed E-state index contributed by atoms with van der Waals surface area (Å²) < 4.78 is 0. The van der Waals surface area contributed by atoms with Crippen molar-refractivity contribution in [2.24, 2.45) is 17.8 Å². The van der Waals surface area contributed by atoms with Gasteiger partial charge in [0.05, 0.1) is 6.10 Å². The molecule has 2 rings (SSSR count). The van der Waals surface area contributed by atoms with Gasteiger partial charge in [-0.3, -0.25) is 4.79 Å². The molecule has 0 heterocycles. The Morgan fingerprint density at radius 2 is 2.36 bits per heavy atom. The maximum absolute atomic E-state index is 10.9. The molecule has 0 saturated heterocycles. The molecule has 1 N–H and O–H groups in total. The molecule has 14 heavy (non-hydrogen) atoms. The van der Waals surface area contributed by atoms with Gasteiger partial charge in [-0.2, -0.15) is 0 Å². The number of hydrogen-bond donors (Lipinski definition) is 1. The first kappa shape index (κ1) is 9.91. The molecule has 0 aliphatic heterocycles. The molecule has 0 aromatic carbocycles.